The Morgan fingerprint density at radius 3 is 2.33 bits per heavy atom. The van der Waals surface area contributed by atoms with E-state index in [9.17, 15) is 13.2 Å². The maximum Gasteiger partial charge on any atom is 0.441 e. The molecule has 0 fully saturated rings. The van der Waals surface area contributed by atoms with Crippen LogP contribution in [0.4, 0.5) is 13.2 Å². The summed E-state index contributed by atoms with van der Waals surface area (Å²) in [7, 11) is 0. The Morgan fingerprint density at radius 1 is 1.20 bits per heavy atom. The standard InChI is InChI=1S/C9H18F3NOS/c1-2-3-4-13(5-7-14)6-8-15-9(10,11)12/h14H,2-8H2,1H3. The van der Waals surface area contributed by atoms with Gasteiger partial charge in [0.15, 0.2) is 0 Å². The molecule has 0 atom stereocenters. The normalized spacial score (nSPS) is 12.4. The van der Waals surface area contributed by atoms with Gasteiger partial charge in [0.25, 0.3) is 0 Å². The molecule has 0 rings (SSSR count). The van der Waals surface area contributed by atoms with Crippen LogP contribution in [0, 0.1) is 0 Å². The number of halogens is 3. The first-order valence-corrected chi connectivity index (χ1v) is 6.02. The van der Waals surface area contributed by atoms with Crippen LogP contribution in [0.15, 0.2) is 0 Å². The van der Waals surface area contributed by atoms with Crippen molar-refractivity contribution < 1.29 is 18.3 Å². The van der Waals surface area contributed by atoms with Crippen molar-refractivity contribution in [1.82, 2.24) is 4.90 Å². The zero-order valence-corrected chi connectivity index (χ0v) is 9.70. The molecule has 0 aromatic carbocycles. The molecule has 0 radical (unpaired) electrons. The minimum absolute atomic E-state index is 0.000396. The highest BCUT2D eigenvalue weighted by Gasteiger charge is 2.27. The summed E-state index contributed by atoms with van der Waals surface area (Å²) < 4.78 is 35.5. The number of hydrogen-bond acceptors (Lipinski definition) is 3. The maximum atomic E-state index is 11.8. The van der Waals surface area contributed by atoms with Crippen LogP contribution in [0.2, 0.25) is 0 Å². The second kappa shape index (κ2) is 8.24. The van der Waals surface area contributed by atoms with Crippen molar-refractivity contribution in [3.8, 4) is 0 Å². The van der Waals surface area contributed by atoms with Gasteiger partial charge in [-0.15, -0.1) is 0 Å². The van der Waals surface area contributed by atoms with Gasteiger partial charge >= 0.3 is 5.51 Å². The molecule has 2 nitrogen and oxygen atoms in total. The molecule has 0 aliphatic heterocycles. The van der Waals surface area contributed by atoms with E-state index in [4.69, 9.17) is 5.11 Å². The SMILES string of the molecule is CCCCN(CCO)CCSC(F)(F)F. The molecule has 1 N–H and O–H groups in total. The Morgan fingerprint density at radius 2 is 1.87 bits per heavy atom. The summed E-state index contributed by atoms with van der Waals surface area (Å²) in [4.78, 5) is 1.86. The fourth-order valence-electron chi connectivity index (χ4n) is 1.15. The highest BCUT2D eigenvalue weighted by molar-refractivity contribution is 8.00. The first kappa shape index (κ1) is 15.1. The average molecular weight is 245 g/mol. The Kier molecular flexibility index (Phi) is 8.27. The molecule has 0 aromatic heterocycles. The topological polar surface area (TPSA) is 23.5 Å². The molecule has 0 saturated heterocycles. The number of aliphatic hydroxyl groups is 1. The number of aliphatic hydroxyl groups excluding tert-OH is 1. The minimum atomic E-state index is -4.14. The van der Waals surface area contributed by atoms with Crippen molar-refractivity contribution in [3.63, 3.8) is 0 Å². The first-order chi connectivity index (χ1) is 6.99. The lowest BCUT2D eigenvalue weighted by Gasteiger charge is -2.20. The van der Waals surface area contributed by atoms with Crippen LogP contribution >= 0.6 is 11.8 Å². The average Bonchev–Trinajstić information content (AvgIpc) is 2.12. The molecule has 0 aliphatic rings. The van der Waals surface area contributed by atoms with E-state index >= 15 is 0 Å². The number of thioether (sulfide) groups is 1. The molecule has 0 aromatic rings. The number of alkyl halides is 3. The van der Waals surface area contributed by atoms with Crippen LogP contribution in [-0.4, -0.2) is 47.5 Å². The summed E-state index contributed by atoms with van der Waals surface area (Å²) in [5.41, 5.74) is -4.14. The first-order valence-electron chi connectivity index (χ1n) is 5.03. The third kappa shape index (κ3) is 10.3. The molecule has 0 unspecified atom stereocenters. The third-order valence-corrected chi connectivity index (χ3v) is 2.63. The predicted octanol–water partition coefficient (Wildman–Crippen LogP) is 2.33. The van der Waals surface area contributed by atoms with Crippen LogP contribution in [0.5, 0.6) is 0 Å². The van der Waals surface area contributed by atoms with Gasteiger partial charge in [-0.3, -0.25) is 0 Å². The molecule has 0 spiro atoms. The van der Waals surface area contributed by atoms with Gasteiger partial charge in [0.2, 0.25) is 0 Å². The van der Waals surface area contributed by atoms with Crippen molar-refractivity contribution in [2.75, 3.05) is 32.0 Å². The van der Waals surface area contributed by atoms with Crippen molar-refractivity contribution in [3.05, 3.63) is 0 Å². The van der Waals surface area contributed by atoms with Crippen LogP contribution in [0.25, 0.3) is 0 Å². The maximum absolute atomic E-state index is 11.8. The number of hydrogen-bond donors (Lipinski definition) is 1. The van der Waals surface area contributed by atoms with Gasteiger partial charge in [-0.25, -0.2) is 0 Å². The molecule has 15 heavy (non-hydrogen) atoms. The summed E-state index contributed by atoms with van der Waals surface area (Å²) >= 11 is -0.00209. The molecule has 0 saturated carbocycles. The fourth-order valence-corrected chi connectivity index (χ4v) is 1.73. The molecule has 0 amide bonds. The molecule has 0 bridgehead atoms. The van der Waals surface area contributed by atoms with E-state index in [1.165, 1.54) is 0 Å². The monoisotopic (exact) mass is 245 g/mol. The van der Waals surface area contributed by atoms with E-state index in [1.54, 1.807) is 0 Å². The fraction of sp³-hybridized carbons (Fsp3) is 1.00. The second-order valence-electron chi connectivity index (χ2n) is 3.21. The van der Waals surface area contributed by atoms with E-state index < -0.39 is 5.51 Å². The summed E-state index contributed by atoms with van der Waals surface area (Å²) in [6, 6.07) is 0. The smallest absolute Gasteiger partial charge is 0.395 e. The number of nitrogens with zero attached hydrogens (tertiary/aromatic N) is 1. The Hall–Kier alpha value is 0.0600. The van der Waals surface area contributed by atoms with E-state index in [2.05, 4.69) is 0 Å². The number of unbranched alkanes of at least 4 members (excludes halogenated alkanes) is 1. The predicted molar refractivity (Wildman–Crippen MR) is 56.9 cm³/mol. The Balaban J connectivity index is 3.65. The van der Waals surface area contributed by atoms with Gasteiger partial charge in [-0.2, -0.15) is 13.2 Å². The van der Waals surface area contributed by atoms with Crippen molar-refractivity contribution >= 4 is 11.8 Å². The lowest BCUT2D eigenvalue weighted by Crippen LogP contribution is -2.30. The molecule has 0 aliphatic carbocycles. The van der Waals surface area contributed by atoms with Crippen LogP contribution in [0.1, 0.15) is 19.8 Å². The largest absolute Gasteiger partial charge is 0.441 e. The van der Waals surface area contributed by atoms with Crippen molar-refractivity contribution in [2.24, 2.45) is 0 Å². The summed E-state index contributed by atoms with van der Waals surface area (Å²) in [5, 5.41) is 8.72. The summed E-state index contributed by atoms with van der Waals surface area (Å²) in [6.45, 7) is 3.63. The molecular weight excluding hydrogens is 227 g/mol. The molecular formula is C9H18F3NOS. The molecule has 0 heterocycles. The molecule has 92 valence electrons. The van der Waals surface area contributed by atoms with Crippen LogP contribution < -0.4 is 0 Å². The quantitative estimate of drug-likeness (QED) is 0.710. The van der Waals surface area contributed by atoms with Gasteiger partial charge in [0, 0.05) is 18.8 Å². The van der Waals surface area contributed by atoms with Gasteiger partial charge in [0.1, 0.15) is 0 Å². The third-order valence-electron chi connectivity index (χ3n) is 1.92. The zero-order chi connectivity index (χ0) is 11.7. The molecule has 6 heteroatoms. The summed E-state index contributed by atoms with van der Waals surface area (Å²) in [5.74, 6) is 0.0349. The van der Waals surface area contributed by atoms with Gasteiger partial charge in [0.05, 0.1) is 6.61 Å². The Labute approximate surface area is 92.8 Å². The van der Waals surface area contributed by atoms with Crippen LogP contribution in [-0.2, 0) is 0 Å². The van der Waals surface area contributed by atoms with Gasteiger partial charge in [-0.1, -0.05) is 13.3 Å². The van der Waals surface area contributed by atoms with E-state index in [0.717, 1.165) is 19.4 Å². The minimum Gasteiger partial charge on any atom is -0.395 e. The highest BCUT2D eigenvalue weighted by atomic mass is 32.2. The van der Waals surface area contributed by atoms with Crippen molar-refractivity contribution in [1.29, 1.82) is 0 Å². The van der Waals surface area contributed by atoms with Gasteiger partial charge < -0.3 is 10.0 Å². The second-order valence-corrected chi connectivity index (χ2v) is 4.37. The lowest BCUT2D eigenvalue weighted by molar-refractivity contribution is -0.0328. The summed E-state index contributed by atoms with van der Waals surface area (Å²) in [6.07, 6.45) is 1.96. The number of rotatable bonds is 8. The lowest BCUT2D eigenvalue weighted by atomic mass is 10.3. The Bertz CT molecular complexity index is 155. The van der Waals surface area contributed by atoms with Crippen LogP contribution in [0.3, 0.4) is 0 Å². The highest BCUT2D eigenvalue weighted by Crippen LogP contribution is 2.29. The van der Waals surface area contributed by atoms with E-state index in [-0.39, 0.29) is 24.1 Å². The zero-order valence-electron chi connectivity index (χ0n) is 8.89. The van der Waals surface area contributed by atoms with E-state index in [1.807, 2.05) is 11.8 Å². The van der Waals surface area contributed by atoms with Crippen molar-refractivity contribution in [2.45, 2.75) is 25.3 Å². The van der Waals surface area contributed by atoms with Gasteiger partial charge in [-0.05, 0) is 24.7 Å². The van der Waals surface area contributed by atoms with E-state index in [0.29, 0.717) is 13.1 Å².